The Hall–Kier alpha value is -0.682. The molecule has 1 atom stereocenters. The Bertz CT molecular complexity index is 283. The van der Waals surface area contributed by atoms with Crippen LogP contribution in [0.2, 0.25) is 0 Å². The molecule has 2 rings (SSSR count). The van der Waals surface area contributed by atoms with Crippen molar-refractivity contribution in [1.29, 1.82) is 0 Å². The van der Waals surface area contributed by atoms with Crippen LogP contribution in [0.25, 0.3) is 10.9 Å². The molecule has 1 unspecified atom stereocenters. The van der Waals surface area contributed by atoms with E-state index in [1.807, 2.05) is 18.3 Å². The Kier molecular flexibility index (Phi) is 2.18. The summed E-state index contributed by atoms with van der Waals surface area (Å²) >= 11 is 0. The number of hydrogen-bond donors (Lipinski definition) is 1. The topological polar surface area (TPSA) is 15.8 Å². The van der Waals surface area contributed by atoms with Crippen molar-refractivity contribution in [3.63, 3.8) is 0 Å². The third kappa shape index (κ3) is 1.10. The zero-order valence-electron chi connectivity index (χ0n) is 5.67. The summed E-state index contributed by atoms with van der Waals surface area (Å²) in [5, 5.41) is 1.28. The number of aromatic amines is 1. The molecule has 0 saturated heterocycles. The molecule has 0 amide bonds. The van der Waals surface area contributed by atoms with Gasteiger partial charge in [-0.1, -0.05) is 18.2 Å². The minimum Gasteiger partial charge on any atom is -0.361 e. The maximum absolute atomic E-state index is 3.12. The van der Waals surface area contributed by atoms with Crippen molar-refractivity contribution in [2.75, 3.05) is 0 Å². The van der Waals surface area contributed by atoms with Gasteiger partial charge in [-0.25, -0.2) is 0 Å². The molecule has 2 heteroatoms. The van der Waals surface area contributed by atoms with E-state index >= 15 is 0 Å². The van der Waals surface area contributed by atoms with E-state index < -0.39 is 0 Å². The number of fused-ring (bicyclic) bond motifs is 1. The van der Waals surface area contributed by atoms with Gasteiger partial charge in [0.1, 0.15) is 0 Å². The summed E-state index contributed by atoms with van der Waals surface area (Å²) in [7, 11) is 0. The SMILES string of the molecule is [AsH3].c1ccc2[nH]ccc2c1. The van der Waals surface area contributed by atoms with Crippen molar-refractivity contribution in [1.82, 2.24) is 4.98 Å². The third-order valence-corrected chi connectivity index (χ3v) is 1.46. The van der Waals surface area contributed by atoms with Gasteiger partial charge < -0.3 is 4.98 Å². The van der Waals surface area contributed by atoms with Crippen molar-refractivity contribution in [2.24, 2.45) is 0 Å². The summed E-state index contributed by atoms with van der Waals surface area (Å²) in [6.07, 6.45) is 1.95. The average molecular weight is 195 g/mol. The van der Waals surface area contributed by atoms with Crippen molar-refractivity contribution >= 4 is 28.9 Å². The number of hydrogen-bond acceptors (Lipinski definition) is 0. The van der Waals surface area contributed by atoms with Crippen LogP contribution in [-0.2, 0) is 0 Å². The smallest absolute Gasteiger partial charge is 0.0453 e. The fraction of sp³-hybridized carbons (Fsp3) is 0. The largest absolute Gasteiger partial charge is 0.361 e. The molecule has 0 radical (unpaired) electrons. The molecule has 1 aromatic carbocycles. The van der Waals surface area contributed by atoms with Gasteiger partial charge in [0.25, 0.3) is 0 Å². The van der Waals surface area contributed by atoms with Gasteiger partial charge >= 0.3 is 18.0 Å². The number of nitrogens with one attached hydrogen (secondary N) is 1. The predicted molar refractivity (Wildman–Crippen MR) is 48.2 cm³/mol. The molecule has 0 aliphatic rings. The maximum atomic E-state index is 3.12. The van der Waals surface area contributed by atoms with Crippen LogP contribution in [-0.4, -0.2) is 22.9 Å². The maximum Gasteiger partial charge on any atom is 0.0453 e. The van der Waals surface area contributed by atoms with Gasteiger partial charge in [0.15, 0.2) is 0 Å². The van der Waals surface area contributed by atoms with Crippen LogP contribution in [0, 0.1) is 0 Å². The van der Waals surface area contributed by atoms with E-state index in [2.05, 4.69) is 23.2 Å². The van der Waals surface area contributed by atoms with E-state index in [1.165, 1.54) is 10.9 Å². The van der Waals surface area contributed by atoms with Crippen molar-refractivity contribution in [3.05, 3.63) is 36.5 Å². The monoisotopic (exact) mass is 195 g/mol. The number of para-hydroxylation sites is 1. The van der Waals surface area contributed by atoms with Gasteiger partial charge in [0.05, 0.1) is 0 Å². The van der Waals surface area contributed by atoms with Gasteiger partial charge in [-0.15, -0.1) is 0 Å². The van der Waals surface area contributed by atoms with E-state index in [0.717, 1.165) is 0 Å². The standard InChI is InChI=1S/C8H7N.AsH3/c1-2-4-8-7(3-1)5-6-9-8;/h1-6,9H;1H3. The number of benzene rings is 1. The van der Waals surface area contributed by atoms with Crippen molar-refractivity contribution < 1.29 is 0 Å². The molecule has 0 saturated carbocycles. The van der Waals surface area contributed by atoms with Crippen LogP contribution in [0.5, 0.6) is 0 Å². The molecular weight excluding hydrogens is 185 g/mol. The van der Waals surface area contributed by atoms with Gasteiger partial charge in [-0.2, -0.15) is 0 Å². The summed E-state index contributed by atoms with van der Waals surface area (Å²) in [6, 6.07) is 10.3. The first-order chi connectivity index (χ1) is 4.47. The average Bonchev–Trinajstić information content (AvgIpc) is 2.33. The number of H-pyrrole nitrogens is 1. The van der Waals surface area contributed by atoms with Crippen LogP contribution < -0.4 is 0 Å². The first kappa shape index (κ1) is 7.43. The Morgan fingerprint density at radius 2 is 1.80 bits per heavy atom. The van der Waals surface area contributed by atoms with Gasteiger partial charge in [-0.3, -0.25) is 0 Å². The Balaban J connectivity index is 0.000000500. The molecule has 0 aliphatic carbocycles. The molecule has 0 bridgehead atoms. The van der Waals surface area contributed by atoms with E-state index in [0.29, 0.717) is 0 Å². The van der Waals surface area contributed by atoms with E-state index in [4.69, 9.17) is 0 Å². The normalized spacial score (nSPS) is 9.20. The minimum absolute atomic E-state index is 0. The summed E-state index contributed by atoms with van der Waals surface area (Å²) in [5.41, 5.74) is 1.21. The van der Waals surface area contributed by atoms with E-state index in [1.54, 1.807) is 0 Å². The van der Waals surface area contributed by atoms with Gasteiger partial charge in [-0.05, 0) is 17.5 Å². The fourth-order valence-corrected chi connectivity index (χ4v) is 0.995. The molecule has 1 aromatic heterocycles. The molecule has 2 aromatic rings. The zero-order chi connectivity index (χ0) is 6.10. The molecule has 10 heavy (non-hydrogen) atoms. The first-order valence-electron chi connectivity index (χ1n) is 2.99. The second-order valence-electron chi connectivity index (χ2n) is 2.06. The first-order valence-corrected chi connectivity index (χ1v) is 2.99. The minimum atomic E-state index is 0. The number of aromatic nitrogens is 1. The van der Waals surface area contributed by atoms with Crippen LogP contribution in [0.15, 0.2) is 36.5 Å². The summed E-state index contributed by atoms with van der Waals surface area (Å²) in [4.78, 5) is 3.12. The molecule has 1 nitrogen and oxygen atoms in total. The summed E-state index contributed by atoms with van der Waals surface area (Å²) in [6.45, 7) is 0. The van der Waals surface area contributed by atoms with Crippen LogP contribution in [0.3, 0.4) is 0 Å². The Labute approximate surface area is 70.8 Å². The van der Waals surface area contributed by atoms with Gasteiger partial charge in [0, 0.05) is 11.7 Å². The third-order valence-electron chi connectivity index (χ3n) is 1.46. The molecular formula is C8H10AsN. The summed E-state index contributed by atoms with van der Waals surface area (Å²) < 4.78 is 0. The van der Waals surface area contributed by atoms with Crippen molar-refractivity contribution in [2.45, 2.75) is 0 Å². The van der Waals surface area contributed by atoms with Crippen LogP contribution in [0.1, 0.15) is 0 Å². The Morgan fingerprint density at radius 3 is 2.60 bits per heavy atom. The molecule has 0 aliphatic heterocycles. The Morgan fingerprint density at radius 1 is 1.00 bits per heavy atom. The van der Waals surface area contributed by atoms with E-state index in [-0.39, 0.29) is 18.0 Å². The summed E-state index contributed by atoms with van der Waals surface area (Å²) in [5.74, 6) is 0. The molecule has 1 N–H and O–H groups in total. The quantitative estimate of drug-likeness (QED) is 0.603. The molecule has 0 fully saturated rings. The molecule has 0 spiro atoms. The fourth-order valence-electron chi connectivity index (χ4n) is 0.995. The second-order valence-corrected chi connectivity index (χ2v) is 2.06. The molecule has 52 valence electrons. The zero-order valence-corrected chi connectivity index (χ0v) is 8.64. The number of rotatable bonds is 0. The van der Waals surface area contributed by atoms with Crippen LogP contribution >= 0.6 is 0 Å². The predicted octanol–water partition coefficient (Wildman–Crippen LogP) is 0.984. The molecule has 1 heterocycles. The van der Waals surface area contributed by atoms with Gasteiger partial charge in [0.2, 0.25) is 0 Å². The second kappa shape index (κ2) is 2.94. The van der Waals surface area contributed by atoms with Crippen LogP contribution in [0.4, 0.5) is 0 Å². The van der Waals surface area contributed by atoms with Crippen molar-refractivity contribution in [3.8, 4) is 0 Å². The van der Waals surface area contributed by atoms with E-state index in [9.17, 15) is 0 Å².